The Hall–Kier alpha value is -3.94. The van der Waals surface area contributed by atoms with Crippen LogP contribution >= 0.6 is 0 Å². The van der Waals surface area contributed by atoms with Crippen LogP contribution in [0.5, 0.6) is 0 Å². The highest BCUT2D eigenvalue weighted by atomic mass is 16.5. The Morgan fingerprint density at radius 1 is 1.03 bits per heavy atom. The van der Waals surface area contributed by atoms with Gasteiger partial charge in [-0.3, -0.25) is 19.3 Å². The Bertz CT molecular complexity index is 1210. The fourth-order valence-electron chi connectivity index (χ4n) is 4.29. The smallest absolute Gasteiger partial charge is 0.260 e. The first-order chi connectivity index (χ1) is 15.0. The molecule has 1 N–H and O–H groups in total. The molecule has 0 saturated heterocycles. The van der Waals surface area contributed by atoms with Crippen LogP contribution in [0.25, 0.3) is 0 Å². The van der Waals surface area contributed by atoms with Crippen molar-refractivity contribution in [1.29, 1.82) is 0 Å². The highest BCUT2D eigenvalue weighted by Gasteiger charge is 2.48. The number of para-hydroxylation sites is 1. The van der Waals surface area contributed by atoms with Crippen LogP contribution in [0.4, 0.5) is 5.69 Å². The van der Waals surface area contributed by atoms with Crippen LogP contribution < -0.4 is 10.2 Å². The monoisotopic (exact) mass is 416 g/mol. The lowest BCUT2D eigenvalue weighted by atomic mass is 10.0. The van der Waals surface area contributed by atoms with Crippen LogP contribution in [-0.4, -0.2) is 34.3 Å². The first kappa shape index (κ1) is 19.0. The Morgan fingerprint density at radius 3 is 2.48 bits per heavy atom. The molecule has 0 fully saturated rings. The van der Waals surface area contributed by atoms with Gasteiger partial charge in [-0.05, 0) is 32.0 Å². The number of benzene rings is 2. The van der Waals surface area contributed by atoms with Gasteiger partial charge in [-0.1, -0.05) is 35.5 Å². The average molecular weight is 416 g/mol. The third-order valence-electron chi connectivity index (χ3n) is 5.84. The molecule has 0 radical (unpaired) electrons. The van der Waals surface area contributed by atoms with Crippen molar-refractivity contribution >= 4 is 23.4 Å². The van der Waals surface area contributed by atoms with E-state index in [1.54, 1.807) is 48.2 Å². The standard InChI is InChI=1S/C23H20N4O4/c1-13-18(14(2)31-25-13)11-24-20(28)12-26-21-15-7-3-4-8-16(15)23(30)27(21)19-10-6-5-9-17(19)22(26)29/h3-10,21H,11-12H2,1-2H3,(H,24,28)/t21-/m1/s1. The molecule has 2 aliphatic rings. The molecule has 1 aromatic heterocycles. The summed E-state index contributed by atoms with van der Waals surface area (Å²) in [6, 6.07) is 14.2. The summed E-state index contributed by atoms with van der Waals surface area (Å²) >= 11 is 0. The number of amides is 3. The SMILES string of the molecule is Cc1noc(C)c1CNC(=O)CN1C(=O)c2ccccc2N2C(=O)c3ccccc3[C@H]12. The van der Waals surface area contributed by atoms with Gasteiger partial charge in [0, 0.05) is 23.2 Å². The predicted molar refractivity (Wildman–Crippen MR) is 111 cm³/mol. The molecule has 0 aliphatic carbocycles. The molecule has 3 aromatic rings. The zero-order valence-corrected chi connectivity index (χ0v) is 17.1. The lowest BCUT2D eigenvalue weighted by Gasteiger charge is -2.40. The van der Waals surface area contributed by atoms with Gasteiger partial charge in [0.1, 0.15) is 18.5 Å². The third-order valence-corrected chi connectivity index (χ3v) is 5.84. The maximum atomic E-state index is 13.3. The molecule has 1 atom stereocenters. The number of fused-ring (bicyclic) bond motifs is 5. The molecule has 0 saturated carbocycles. The minimum absolute atomic E-state index is 0.179. The van der Waals surface area contributed by atoms with Gasteiger partial charge in [0.25, 0.3) is 11.8 Å². The summed E-state index contributed by atoms with van der Waals surface area (Å²) in [5, 5.41) is 6.73. The largest absolute Gasteiger partial charge is 0.361 e. The molecule has 156 valence electrons. The van der Waals surface area contributed by atoms with Gasteiger partial charge >= 0.3 is 0 Å². The van der Waals surface area contributed by atoms with Crippen molar-refractivity contribution < 1.29 is 18.9 Å². The highest BCUT2D eigenvalue weighted by molar-refractivity contribution is 6.17. The quantitative estimate of drug-likeness (QED) is 0.706. The van der Waals surface area contributed by atoms with E-state index in [0.29, 0.717) is 33.8 Å². The maximum Gasteiger partial charge on any atom is 0.260 e. The van der Waals surface area contributed by atoms with Crippen molar-refractivity contribution in [2.45, 2.75) is 26.6 Å². The van der Waals surface area contributed by atoms with Crippen molar-refractivity contribution in [2.75, 3.05) is 11.4 Å². The van der Waals surface area contributed by atoms with Crippen LogP contribution in [0.3, 0.4) is 0 Å². The Kier molecular flexibility index (Phi) is 4.35. The number of aryl methyl sites for hydroxylation is 2. The average Bonchev–Trinajstić information content (AvgIpc) is 3.26. The van der Waals surface area contributed by atoms with Gasteiger partial charge in [0.2, 0.25) is 5.91 Å². The zero-order chi connectivity index (χ0) is 21.7. The number of hydrogen-bond donors (Lipinski definition) is 1. The number of carbonyl (C=O) groups excluding carboxylic acids is 3. The van der Waals surface area contributed by atoms with Crippen LogP contribution in [-0.2, 0) is 11.3 Å². The molecule has 8 nitrogen and oxygen atoms in total. The van der Waals surface area contributed by atoms with Crippen molar-refractivity contribution in [1.82, 2.24) is 15.4 Å². The Labute approximate surface area is 178 Å². The number of nitrogens with one attached hydrogen (secondary N) is 1. The molecule has 3 heterocycles. The second-order valence-electron chi connectivity index (χ2n) is 7.67. The first-order valence-electron chi connectivity index (χ1n) is 9.98. The molecule has 0 spiro atoms. The number of hydrogen-bond acceptors (Lipinski definition) is 5. The van der Waals surface area contributed by atoms with E-state index in [0.717, 1.165) is 5.56 Å². The van der Waals surface area contributed by atoms with Crippen LogP contribution in [0.15, 0.2) is 53.1 Å². The minimum atomic E-state index is -0.657. The lowest BCUT2D eigenvalue weighted by Crippen LogP contribution is -2.51. The molecule has 3 amide bonds. The zero-order valence-electron chi connectivity index (χ0n) is 17.1. The minimum Gasteiger partial charge on any atom is -0.361 e. The molecule has 2 aromatic carbocycles. The molecule has 8 heteroatoms. The van der Waals surface area contributed by atoms with E-state index in [1.165, 1.54) is 4.90 Å². The van der Waals surface area contributed by atoms with Crippen molar-refractivity contribution in [3.63, 3.8) is 0 Å². The van der Waals surface area contributed by atoms with E-state index in [4.69, 9.17) is 4.52 Å². The number of anilines is 1. The lowest BCUT2D eigenvalue weighted by molar-refractivity contribution is -0.122. The van der Waals surface area contributed by atoms with E-state index in [-0.39, 0.29) is 30.8 Å². The number of aromatic nitrogens is 1. The van der Waals surface area contributed by atoms with Crippen LogP contribution in [0, 0.1) is 13.8 Å². The topological polar surface area (TPSA) is 95.8 Å². The summed E-state index contributed by atoms with van der Waals surface area (Å²) in [7, 11) is 0. The molecule has 2 aliphatic heterocycles. The van der Waals surface area contributed by atoms with E-state index in [1.807, 2.05) is 19.1 Å². The Morgan fingerprint density at radius 2 is 1.74 bits per heavy atom. The third kappa shape index (κ3) is 2.91. The molecular formula is C23H20N4O4. The van der Waals surface area contributed by atoms with Crippen LogP contribution in [0.1, 0.15) is 49.5 Å². The summed E-state index contributed by atoms with van der Waals surface area (Å²) < 4.78 is 5.13. The summed E-state index contributed by atoms with van der Waals surface area (Å²) in [6.07, 6.45) is -0.657. The molecule has 0 unspecified atom stereocenters. The van der Waals surface area contributed by atoms with Crippen molar-refractivity contribution in [2.24, 2.45) is 0 Å². The molecule has 31 heavy (non-hydrogen) atoms. The van der Waals surface area contributed by atoms with Gasteiger partial charge in [0.15, 0.2) is 0 Å². The second-order valence-corrected chi connectivity index (χ2v) is 7.67. The molecule has 0 bridgehead atoms. The number of rotatable bonds is 4. The van der Waals surface area contributed by atoms with Crippen LogP contribution in [0.2, 0.25) is 0 Å². The summed E-state index contributed by atoms with van der Waals surface area (Å²) in [4.78, 5) is 42.4. The number of nitrogens with zero attached hydrogens (tertiary/aromatic N) is 3. The van der Waals surface area contributed by atoms with Gasteiger partial charge in [-0.2, -0.15) is 0 Å². The fraction of sp³-hybridized carbons (Fsp3) is 0.217. The fourth-order valence-corrected chi connectivity index (χ4v) is 4.29. The highest BCUT2D eigenvalue weighted by Crippen LogP contribution is 2.44. The molecular weight excluding hydrogens is 396 g/mol. The van der Waals surface area contributed by atoms with Crippen molar-refractivity contribution in [3.05, 3.63) is 82.2 Å². The van der Waals surface area contributed by atoms with Gasteiger partial charge in [0.05, 0.1) is 16.9 Å². The van der Waals surface area contributed by atoms with Gasteiger partial charge in [-0.25, -0.2) is 0 Å². The summed E-state index contributed by atoms with van der Waals surface area (Å²) in [5.74, 6) is -0.151. The van der Waals surface area contributed by atoms with E-state index in [9.17, 15) is 14.4 Å². The van der Waals surface area contributed by atoms with E-state index >= 15 is 0 Å². The Balaban J connectivity index is 1.47. The summed E-state index contributed by atoms with van der Waals surface area (Å²) in [6.45, 7) is 3.66. The normalized spacial score (nSPS) is 16.8. The maximum absolute atomic E-state index is 13.3. The second kappa shape index (κ2) is 7.09. The van der Waals surface area contributed by atoms with E-state index < -0.39 is 6.17 Å². The first-order valence-corrected chi connectivity index (χ1v) is 9.98. The molecule has 5 rings (SSSR count). The van der Waals surface area contributed by atoms with Crippen molar-refractivity contribution in [3.8, 4) is 0 Å². The van der Waals surface area contributed by atoms with Gasteiger partial charge < -0.3 is 14.7 Å². The number of carbonyl (C=O) groups is 3. The predicted octanol–water partition coefficient (Wildman–Crippen LogP) is 2.72. The van der Waals surface area contributed by atoms with Gasteiger partial charge in [-0.15, -0.1) is 0 Å². The summed E-state index contributed by atoms with van der Waals surface area (Å²) in [5.41, 5.74) is 3.74. The van der Waals surface area contributed by atoms with E-state index in [2.05, 4.69) is 10.5 Å².